The summed E-state index contributed by atoms with van der Waals surface area (Å²) in [4.78, 5) is 10.4. The molecule has 18 heavy (non-hydrogen) atoms. The Morgan fingerprint density at radius 1 is 1.28 bits per heavy atom. The highest BCUT2D eigenvalue weighted by atomic mass is 35.6. The van der Waals surface area contributed by atoms with E-state index in [2.05, 4.69) is 16.0 Å². The summed E-state index contributed by atoms with van der Waals surface area (Å²) < 4.78 is -1.72. The summed E-state index contributed by atoms with van der Waals surface area (Å²) in [5, 5.41) is 8.13. The number of alkyl halides is 3. The largest absolute Gasteiger partial charge is 0.339 e. The molecule has 0 spiro atoms. The normalized spacial score (nSPS) is 12.4. The van der Waals surface area contributed by atoms with Gasteiger partial charge in [0.2, 0.25) is 10.2 Å². The van der Waals surface area contributed by atoms with Crippen molar-refractivity contribution >= 4 is 64.2 Å². The first kappa shape index (κ1) is 15.3. The summed E-state index contributed by atoms with van der Waals surface area (Å²) in [5.74, 6) is 0. The second-order valence-electron chi connectivity index (χ2n) is 3.22. The number of halogens is 3. The van der Waals surface area contributed by atoms with E-state index in [1.165, 1.54) is 0 Å². The van der Waals surface area contributed by atoms with Crippen LogP contribution in [0.1, 0.15) is 0 Å². The molecule has 3 N–H and O–H groups in total. The van der Waals surface area contributed by atoms with Crippen molar-refractivity contribution in [3.63, 3.8) is 0 Å². The van der Waals surface area contributed by atoms with Crippen LogP contribution < -0.4 is 16.0 Å². The van der Waals surface area contributed by atoms with Crippen molar-refractivity contribution in [3.8, 4) is 0 Å². The van der Waals surface area contributed by atoms with Crippen LogP contribution in [0.25, 0.3) is 0 Å². The van der Waals surface area contributed by atoms with E-state index in [1.807, 2.05) is 30.3 Å². The smallest absolute Gasteiger partial charge is 0.228 e. The molecule has 0 saturated heterocycles. The Balaban J connectivity index is 2.59. The molecular formula is C10H10Cl3N3OS. The van der Waals surface area contributed by atoms with E-state index >= 15 is 0 Å². The fraction of sp³-hybridized carbons (Fsp3) is 0.200. The number of carbonyl (C=O) groups is 1. The first-order chi connectivity index (χ1) is 8.43. The Bertz CT molecular complexity index is 411. The summed E-state index contributed by atoms with van der Waals surface area (Å²) >= 11 is 22.1. The molecule has 0 fully saturated rings. The fourth-order valence-electron chi connectivity index (χ4n) is 1.11. The monoisotopic (exact) mass is 325 g/mol. The number of hydrogen-bond acceptors (Lipinski definition) is 2. The molecule has 1 aromatic carbocycles. The predicted molar refractivity (Wildman–Crippen MR) is 79.1 cm³/mol. The Labute approximate surface area is 125 Å². The molecule has 0 aliphatic heterocycles. The van der Waals surface area contributed by atoms with Crippen molar-refractivity contribution in [1.29, 1.82) is 0 Å². The number of hydrogen-bond donors (Lipinski definition) is 3. The van der Waals surface area contributed by atoms with E-state index < -0.39 is 9.96 Å². The molecule has 1 aromatic rings. The molecule has 98 valence electrons. The van der Waals surface area contributed by atoms with Crippen LogP contribution in [0.4, 0.5) is 5.69 Å². The zero-order valence-corrected chi connectivity index (χ0v) is 12.1. The van der Waals surface area contributed by atoms with Crippen molar-refractivity contribution in [2.24, 2.45) is 0 Å². The summed E-state index contributed by atoms with van der Waals surface area (Å²) in [6.45, 7) is 0. The Morgan fingerprint density at radius 3 is 2.39 bits per heavy atom. The van der Waals surface area contributed by atoms with Gasteiger partial charge in [-0.25, -0.2) is 0 Å². The lowest BCUT2D eigenvalue weighted by molar-refractivity contribution is -0.110. The first-order valence-corrected chi connectivity index (χ1v) is 6.36. The van der Waals surface area contributed by atoms with Crippen molar-refractivity contribution < 1.29 is 4.79 Å². The Hall–Kier alpha value is -0.750. The minimum absolute atomic E-state index is 0.229. The molecule has 0 saturated carbocycles. The summed E-state index contributed by atoms with van der Waals surface area (Å²) in [5.41, 5.74) is 0.782. The van der Waals surface area contributed by atoms with Gasteiger partial charge in [-0.15, -0.1) is 0 Å². The van der Waals surface area contributed by atoms with Crippen molar-refractivity contribution in [1.82, 2.24) is 10.6 Å². The van der Waals surface area contributed by atoms with Gasteiger partial charge in [0.1, 0.15) is 6.17 Å². The molecule has 0 aliphatic rings. The Morgan fingerprint density at radius 2 is 1.89 bits per heavy atom. The fourth-order valence-corrected chi connectivity index (χ4v) is 1.69. The molecule has 1 rings (SSSR count). The first-order valence-electron chi connectivity index (χ1n) is 4.82. The van der Waals surface area contributed by atoms with Gasteiger partial charge >= 0.3 is 0 Å². The second-order valence-corrected chi connectivity index (χ2v) is 6.00. The Kier molecular flexibility index (Phi) is 5.95. The topological polar surface area (TPSA) is 53.2 Å². The standard InChI is InChI=1S/C10H10Cl3N3OS/c11-10(12,13)8(14-6-17)16-9(18)15-7-4-2-1-3-5-7/h1-6,8H,(H,14,17)(H2,15,16,18)/t8-/m0/s1. The maximum absolute atomic E-state index is 10.4. The molecule has 8 heteroatoms. The maximum atomic E-state index is 10.4. The highest BCUT2D eigenvalue weighted by Gasteiger charge is 2.32. The van der Waals surface area contributed by atoms with Gasteiger partial charge in [0.25, 0.3) is 0 Å². The lowest BCUT2D eigenvalue weighted by Gasteiger charge is -2.26. The van der Waals surface area contributed by atoms with Crippen LogP contribution in [-0.2, 0) is 4.79 Å². The van der Waals surface area contributed by atoms with E-state index in [-0.39, 0.29) is 5.11 Å². The average molecular weight is 327 g/mol. The van der Waals surface area contributed by atoms with Crippen LogP contribution in [0.15, 0.2) is 30.3 Å². The molecule has 0 aromatic heterocycles. The van der Waals surface area contributed by atoms with Gasteiger partial charge in [0.05, 0.1) is 0 Å². The van der Waals surface area contributed by atoms with Gasteiger partial charge in [0.15, 0.2) is 5.11 Å². The van der Waals surface area contributed by atoms with Crippen LogP contribution in [0.3, 0.4) is 0 Å². The summed E-state index contributed by atoms with van der Waals surface area (Å²) in [7, 11) is 0. The molecule has 0 aliphatic carbocycles. The van der Waals surface area contributed by atoms with Crippen LogP contribution in [0.5, 0.6) is 0 Å². The van der Waals surface area contributed by atoms with Crippen LogP contribution >= 0.6 is 47.0 Å². The highest BCUT2D eigenvalue weighted by molar-refractivity contribution is 7.80. The number of carbonyl (C=O) groups excluding carboxylic acids is 1. The minimum Gasteiger partial charge on any atom is -0.339 e. The number of benzene rings is 1. The van der Waals surface area contributed by atoms with Crippen molar-refractivity contribution in [2.75, 3.05) is 5.32 Å². The summed E-state index contributed by atoms with van der Waals surface area (Å²) in [6, 6.07) is 9.22. The average Bonchev–Trinajstić information content (AvgIpc) is 2.28. The van der Waals surface area contributed by atoms with E-state index in [1.54, 1.807) is 0 Å². The molecule has 0 radical (unpaired) electrons. The molecule has 1 atom stereocenters. The lowest BCUT2D eigenvalue weighted by Crippen LogP contribution is -2.53. The zero-order chi connectivity index (χ0) is 13.6. The van der Waals surface area contributed by atoms with Crippen LogP contribution in [-0.4, -0.2) is 21.5 Å². The number of amides is 1. The third-order valence-corrected chi connectivity index (χ3v) is 2.74. The summed E-state index contributed by atoms with van der Waals surface area (Å²) in [6.07, 6.45) is -0.506. The molecule has 0 unspecified atom stereocenters. The SMILES string of the molecule is O=CN[C@@H](NC(=S)Nc1ccccc1)C(Cl)(Cl)Cl. The lowest BCUT2D eigenvalue weighted by atomic mass is 10.3. The van der Waals surface area contributed by atoms with Crippen molar-refractivity contribution in [3.05, 3.63) is 30.3 Å². The molecule has 0 bridgehead atoms. The molecule has 1 amide bonds. The second kappa shape index (κ2) is 6.99. The third-order valence-electron chi connectivity index (χ3n) is 1.87. The van der Waals surface area contributed by atoms with Crippen LogP contribution in [0, 0.1) is 0 Å². The van der Waals surface area contributed by atoms with E-state index in [9.17, 15) is 4.79 Å². The van der Waals surface area contributed by atoms with Gasteiger partial charge in [-0.2, -0.15) is 0 Å². The number of para-hydroxylation sites is 1. The van der Waals surface area contributed by atoms with Gasteiger partial charge < -0.3 is 16.0 Å². The quantitative estimate of drug-likeness (QED) is 0.344. The molecular weight excluding hydrogens is 317 g/mol. The zero-order valence-electron chi connectivity index (χ0n) is 8.99. The predicted octanol–water partition coefficient (Wildman–Crippen LogP) is 2.42. The van der Waals surface area contributed by atoms with Gasteiger partial charge in [-0.3, -0.25) is 4.79 Å². The third kappa shape index (κ3) is 5.27. The molecule has 4 nitrogen and oxygen atoms in total. The highest BCUT2D eigenvalue weighted by Crippen LogP contribution is 2.28. The van der Waals surface area contributed by atoms with Crippen LogP contribution in [0.2, 0.25) is 0 Å². The van der Waals surface area contributed by atoms with E-state index in [0.29, 0.717) is 6.41 Å². The van der Waals surface area contributed by atoms with Gasteiger partial charge in [0, 0.05) is 5.69 Å². The molecule has 0 heterocycles. The number of anilines is 1. The minimum atomic E-state index is -1.72. The number of nitrogens with one attached hydrogen (secondary N) is 3. The maximum Gasteiger partial charge on any atom is 0.228 e. The van der Waals surface area contributed by atoms with Gasteiger partial charge in [-0.05, 0) is 24.4 Å². The number of thiocarbonyl (C=S) groups is 1. The van der Waals surface area contributed by atoms with E-state index in [4.69, 9.17) is 47.0 Å². The van der Waals surface area contributed by atoms with Gasteiger partial charge in [-0.1, -0.05) is 53.0 Å². The van der Waals surface area contributed by atoms with Crippen molar-refractivity contribution in [2.45, 2.75) is 9.96 Å². The number of rotatable bonds is 4. The van der Waals surface area contributed by atoms with E-state index in [0.717, 1.165) is 5.69 Å².